The fourth-order valence-electron chi connectivity index (χ4n) is 13.6. The van der Waals surface area contributed by atoms with Gasteiger partial charge in [-0.05, 0) is 171 Å². The minimum absolute atomic E-state index is 0.00119. The number of hydrogen-bond acceptors (Lipinski definition) is 11. The van der Waals surface area contributed by atoms with E-state index in [9.17, 15) is 48.3 Å². The lowest BCUT2D eigenvalue weighted by molar-refractivity contribution is -0.290. The van der Waals surface area contributed by atoms with Crippen molar-refractivity contribution in [1.82, 2.24) is 9.80 Å². The minimum atomic E-state index is -6.39. The summed E-state index contributed by atoms with van der Waals surface area (Å²) >= 11 is 6.99. The standard InChI is InChI=1S/C70H59ClF12N4O11/c1-32-24-49(71)50(33(2)51(32)85-53(90)42-19-15-36(29-46(42)55(85)92)66(69(78,79)80,70(81,82)83)37-16-20-43-47(30-37)58(95)86(56(43)93)62(6,7)8)63(9,10)64(11,12)87-57(94)44-21-17-38(31-48(44)59(87)96)65(67(72,73)74,68(75,76)77)35-14-18-41-45(28-35)54(91)84(52(41)89)40-26-34(60(97)98-23-13-22-88)25-39(27-40)61(3,4)5/h14-21,24-31,88H,13,22-23H2,1-12H3. The second-order valence-electron chi connectivity index (χ2n) is 27.4. The van der Waals surface area contributed by atoms with Crippen LogP contribution in [0.3, 0.4) is 0 Å². The molecule has 98 heavy (non-hydrogen) atoms. The number of benzene rings is 6. The number of carbonyl (C=O) groups is 9. The first-order chi connectivity index (χ1) is 44.9. The summed E-state index contributed by atoms with van der Waals surface area (Å²) in [5, 5.41) is 8.99. The Morgan fingerprint density at radius 1 is 0.449 bits per heavy atom. The van der Waals surface area contributed by atoms with Crippen molar-refractivity contribution in [2.75, 3.05) is 23.0 Å². The van der Waals surface area contributed by atoms with E-state index in [-0.39, 0.29) is 76.5 Å². The molecule has 0 radical (unpaired) electrons. The molecule has 0 spiro atoms. The van der Waals surface area contributed by atoms with Crippen molar-refractivity contribution >= 4 is 76.2 Å². The molecule has 0 aliphatic carbocycles. The SMILES string of the molecule is Cc1cc(Cl)c(C(C)(C)C(C)(C)N2C(=O)c3ccc(C(c4ccc5c(c4)C(=O)N(c4cc(C(=O)OCCCO)cc(C(C)(C)C)c4)C5=O)(C(F)(F)F)C(F)(F)F)cc3C2=O)c(C)c1N1C(=O)c2ccc(C(c3ccc4c(c3)C(=O)N(C(C)(C)C)C4=O)(C(F)(F)F)C(F)(F)F)cc2C1=O. The third kappa shape index (κ3) is 10.3. The number of esters is 1. The molecule has 4 aliphatic rings. The maximum atomic E-state index is 16.1. The highest BCUT2D eigenvalue weighted by atomic mass is 35.5. The molecule has 0 aromatic heterocycles. The quantitative estimate of drug-likeness (QED) is 0.0500. The van der Waals surface area contributed by atoms with Crippen molar-refractivity contribution in [3.63, 3.8) is 0 Å². The van der Waals surface area contributed by atoms with Gasteiger partial charge in [0.1, 0.15) is 0 Å². The number of amides is 8. The van der Waals surface area contributed by atoms with E-state index in [2.05, 4.69) is 0 Å². The number of halogens is 13. The van der Waals surface area contributed by atoms with E-state index in [4.69, 9.17) is 16.3 Å². The molecule has 6 aromatic carbocycles. The molecule has 4 heterocycles. The highest BCUT2D eigenvalue weighted by molar-refractivity contribution is 6.37. The van der Waals surface area contributed by atoms with Gasteiger partial charge in [-0.1, -0.05) is 70.5 Å². The van der Waals surface area contributed by atoms with E-state index in [1.807, 2.05) is 0 Å². The Bertz CT molecular complexity index is 4520. The van der Waals surface area contributed by atoms with Crippen LogP contribution >= 0.6 is 11.6 Å². The molecule has 10 rings (SSSR count). The van der Waals surface area contributed by atoms with Crippen molar-refractivity contribution in [2.24, 2.45) is 0 Å². The highest BCUT2D eigenvalue weighted by Crippen LogP contribution is 2.60. The number of fused-ring (bicyclic) bond motifs is 4. The fourth-order valence-corrected chi connectivity index (χ4v) is 14.2. The van der Waals surface area contributed by atoms with Crippen molar-refractivity contribution in [3.05, 3.63) is 197 Å². The van der Waals surface area contributed by atoms with E-state index < -0.39 is 177 Å². The number of imide groups is 4. The van der Waals surface area contributed by atoms with E-state index >= 15 is 52.7 Å². The van der Waals surface area contributed by atoms with E-state index in [1.54, 1.807) is 20.8 Å². The monoisotopic (exact) mass is 1390 g/mol. The number of rotatable bonds is 13. The molecule has 0 fully saturated rings. The van der Waals surface area contributed by atoms with Crippen molar-refractivity contribution < 1.29 is 106 Å². The molecule has 8 amide bonds. The zero-order valence-corrected chi connectivity index (χ0v) is 54.8. The van der Waals surface area contributed by atoms with Crippen LogP contribution in [0.2, 0.25) is 5.02 Å². The summed E-state index contributed by atoms with van der Waals surface area (Å²) in [5.74, 6) is -11.1. The zero-order chi connectivity index (χ0) is 73.2. The van der Waals surface area contributed by atoms with Gasteiger partial charge >= 0.3 is 30.7 Å². The first-order valence-electron chi connectivity index (χ1n) is 30.0. The Morgan fingerprint density at radius 2 is 0.806 bits per heavy atom. The normalized spacial score (nSPS) is 15.9. The van der Waals surface area contributed by atoms with Gasteiger partial charge in [-0.15, -0.1) is 0 Å². The molecule has 0 saturated carbocycles. The summed E-state index contributed by atoms with van der Waals surface area (Å²) in [6.07, 6.45) is -25.3. The van der Waals surface area contributed by atoms with Gasteiger partial charge in [-0.25, -0.2) is 14.6 Å². The van der Waals surface area contributed by atoms with Crippen LogP contribution in [0.25, 0.3) is 0 Å². The van der Waals surface area contributed by atoms with Crippen LogP contribution in [0, 0.1) is 13.8 Å². The summed E-state index contributed by atoms with van der Waals surface area (Å²) in [4.78, 5) is 129. The average molecular weight is 1400 g/mol. The summed E-state index contributed by atoms with van der Waals surface area (Å²) in [5.41, 5.74) is -29.3. The predicted molar refractivity (Wildman–Crippen MR) is 330 cm³/mol. The molecule has 0 bridgehead atoms. The molecule has 1 N–H and O–H groups in total. The first-order valence-corrected chi connectivity index (χ1v) is 30.4. The topological polar surface area (TPSA) is 196 Å². The van der Waals surface area contributed by atoms with Crippen molar-refractivity contribution in [3.8, 4) is 0 Å². The smallest absolute Gasteiger partial charge is 0.411 e. The highest BCUT2D eigenvalue weighted by Gasteiger charge is 2.75. The number of nitrogens with zero attached hydrogens (tertiary/aromatic N) is 4. The molecule has 4 aliphatic heterocycles. The van der Waals surface area contributed by atoms with Crippen LogP contribution in [0.15, 0.2) is 97.1 Å². The Kier molecular flexibility index (Phi) is 16.7. The van der Waals surface area contributed by atoms with Crippen LogP contribution in [0.5, 0.6) is 0 Å². The summed E-state index contributed by atoms with van der Waals surface area (Å²) in [6, 6.07) is 9.78. The maximum absolute atomic E-state index is 16.1. The summed E-state index contributed by atoms with van der Waals surface area (Å²) in [6.45, 7) is 16.7. The summed E-state index contributed by atoms with van der Waals surface area (Å²) in [7, 11) is 0. The number of alkyl halides is 12. The second kappa shape index (κ2) is 22.9. The van der Waals surface area contributed by atoms with Crippen molar-refractivity contribution in [2.45, 2.75) is 147 Å². The minimum Gasteiger partial charge on any atom is -0.462 e. The summed E-state index contributed by atoms with van der Waals surface area (Å²) < 4.78 is 196. The fraction of sp³-hybridized carbons (Fsp3) is 0.357. The molecule has 28 heteroatoms. The maximum Gasteiger partial charge on any atom is 0.411 e. The van der Waals surface area contributed by atoms with Crippen LogP contribution in [0.1, 0.15) is 213 Å². The van der Waals surface area contributed by atoms with Gasteiger partial charge in [0.05, 0.1) is 73.6 Å². The Balaban J connectivity index is 1.01. The largest absolute Gasteiger partial charge is 0.462 e. The number of carbonyl (C=O) groups excluding carboxylic acids is 9. The van der Waals surface area contributed by atoms with Crippen molar-refractivity contribution in [1.29, 1.82) is 0 Å². The number of ether oxygens (including phenoxy) is 1. The lowest BCUT2D eigenvalue weighted by atomic mass is 9.67. The number of hydrogen-bond donors (Lipinski definition) is 1. The Morgan fingerprint density at radius 3 is 1.20 bits per heavy atom. The van der Waals surface area contributed by atoms with Crippen LogP contribution in [-0.2, 0) is 26.4 Å². The third-order valence-corrected chi connectivity index (χ3v) is 19.4. The van der Waals surface area contributed by atoms with E-state index in [1.165, 1.54) is 80.5 Å². The van der Waals surface area contributed by atoms with E-state index in [0.29, 0.717) is 79.8 Å². The zero-order valence-electron chi connectivity index (χ0n) is 54.1. The molecule has 0 saturated heterocycles. The number of aliphatic hydroxyl groups excluding tert-OH is 1. The second-order valence-corrected chi connectivity index (χ2v) is 27.8. The number of aryl methyl sites for hydroxylation is 1. The van der Waals surface area contributed by atoms with Crippen LogP contribution < -0.4 is 9.80 Å². The molecule has 0 atom stereocenters. The molecular weight excluding hydrogens is 1340 g/mol. The lowest BCUT2D eigenvalue weighted by Crippen LogP contribution is -2.58. The first kappa shape index (κ1) is 71.5. The molecular formula is C70H59ClF12N4O11. The average Bonchev–Trinajstić information content (AvgIpc) is 1.25. The molecule has 15 nitrogen and oxygen atoms in total. The van der Waals surface area contributed by atoms with Gasteiger partial charge in [0.2, 0.25) is 10.8 Å². The molecule has 0 unspecified atom stereocenters. The van der Waals surface area contributed by atoms with Crippen LogP contribution in [0.4, 0.5) is 64.1 Å². The molecule has 516 valence electrons. The van der Waals surface area contributed by atoms with E-state index in [0.717, 1.165) is 6.07 Å². The van der Waals surface area contributed by atoms with Gasteiger partial charge in [0.25, 0.3) is 47.3 Å². The predicted octanol–water partition coefficient (Wildman–Crippen LogP) is 15.0. The van der Waals surface area contributed by atoms with Gasteiger partial charge in [-0.3, -0.25) is 48.2 Å². The van der Waals surface area contributed by atoms with Gasteiger partial charge in [0.15, 0.2) is 0 Å². The van der Waals surface area contributed by atoms with Gasteiger partial charge in [-0.2, -0.15) is 52.7 Å². The van der Waals surface area contributed by atoms with Crippen LogP contribution in [-0.4, -0.2) is 117 Å². The third-order valence-electron chi connectivity index (χ3n) is 19.1. The molecule has 6 aromatic rings. The number of aliphatic hydroxyl groups is 1. The lowest BCUT2D eigenvalue weighted by Gasteiger charge is -2.48. The number of anilines is 2. The Labute approximate surface area is 556 Å². The Hall–Kier alpha value is -9.24. The van der Waals surface area contributed by atoms with Gasteiger partial charge < -0.3 is 9.84 Å². The van der Waals surface area contributed by atoms with Gasteiger partial charge in [0, 0.05) is 29.0 Å².